The van der Waals surface area contributed by atoms with Crippen molar-refractivity contribution >= 4 is 11.9 Å². The first kappa shape index (κ1) is 15.3. The van der Waals surface area contributed by atoms with Gasteiger partial charge in [-0.05, 0) is 49.6 Å². The highest BCUT2D eigenvalue weighted by atomic mass is 16.5. The van der Waals surface area contributed by atoms with E-state index in [0.717, 1.165) is 23.4 Å². The molecular formula is C19H23NO. The summed E-state index contributed by atoms with van der Waals surface area (Å²) in [5, 5.41) is 0. The van der Waals surface area contributed by atoms with Crippen molar-refractivity contribution in [2.24, 2.45) is 4.99 Å². The maximum absolute atomic E-state index is 5.60. The molecule has 110 valence electrons. The molecule has 0 unspecified atom stereocenters. The summed E-state index contributed by atoms with van der Waals surface area (Å²) < 4.78 is 5.60. The molecule has 0 saturated heterocycles. The van der Waals surface area contributed by atoms with Gasteiger partial charge in [-0.1, -0.05) is 37.6 Å². The Hall–Kier alpha value is -2.09. The van der Waals surface area contributed by atoms with Crippen LogP contribution in [0.4, 0.5) is 5.69 Å². The Morgan fingerprint density at radius 2 is 1.76 bits per heavy atom. The minimum absolute atomic E-state index is 0.664. The number of benzene rings is 2. The Bertz CT molecular complexity index is 572. The molecule has 0 N–H and O–H groups in total. The third-order valence-corrected chi connectivity index (χ3v) is 3.33. The summed E-state index contributed by atoms with van der Waals surface area (Å²) >= 11 is 0. The molecule has 2 aromatic carbocycles. The number of rotatable bonds is 7. The van der Waals surface area contributed by atoms with Crippen molar-refractivity contribution in [3.63, 3.8) is 0 Å². The third kappa shape index (κ3) is 4.75. The lowest BCUT2D eigenvalue weighted by Crippen LogP contribution is -1.95. The van der Waals surface area contributed by atoms with E-state index in [0.29, 0.717) is 6.61 Å². The van der Waals surface area contributed by atoms with Gasteiger partial charge in [0.05, 0.1) is 12.3 Å². The second-order valence-corrected chi connectivity index (χ2v) is 5.00. The van der Waals surface area contributed by atoms with E-state index in [9.17, 15) is 0 Å². The van der Waals surface area contributed by atoms with Crippen molar-refractivity contribution < 1.29 is 4.74 Å². The Morgan fingerprint density at radius 3 is 2.48 bits per heavy atom. The van der Waals surface area contributed by atoms with Crippen LogP contribution in [0.5, 0.6) is 5.75 Å². The van der Waals surface area contributed by atoms with Crippen LogP contribution in [-0.2, 0) is 6.42 Å². The molecule has 2 aromatic rings. The lowest BCUT2D eigenvalue weighted by Gasteiger charge is -2.05. The van der Waals surface area contributed by atoms with Crippen LogP contribution in [0.1, 0.15) is 37.8 Å². The molecular weight excluding hydrogens is 258 g/mol. The van der Waals surface area contributed by atoms with E-state index in [1.165, 1.54) is 18.4 Å². The van der Waals surface area contributed by atoms with E-state index in [2.05, 4.69) is 36.2 Å². The molecule has 0 bridgehead atoms. The van der Waals surface area contributed by atoms with Crippen molar-refractivity contribution in [2.45, 2.75) is 33.1 Å². The average molecular weight is 281 g/mol. The fraction of sp³-hybridized carbons (Fsp3) is 0.316. The van der Waals surface area contributed by atoms with E-state index in [4.69, 9.17) is 4.74 Å². The molecule has 0 fully saturated rings. The fourth-order valence-electron chi connectivity index (χ4n) is 2.15. The Balaban J connectivity index is 2.07. The second-order valence-electron chi connectivity index (χ2n) is 5.00. The quantitative estimate of drug-likeness (QED) is 0.641. The lowest BCUT2D eigenvalue weighted by atomic mass is 10.1. The van der Waals surface area contributed by atoms with Gasteiger partial charge in [-0.2, -0.15) is 0 Å². The minimum atomic E-state index is 0.664. The van der Waals surface area contributed by atoms with Gasteiger partial charge < -0.3 is 4.74 Å². The minimum Gasteiger partial charge on any atom is -0.493 e. The van der Waals surface area contributed by atoms with E-state index in [1.54, 1.807) is 0 Å². The standard InChI is InChI=1S/C19H23NO/c1-3-5-8-16-11-13-18(14-12-16)20-15-17-9-6-7-10-19(17)21-4-2/h6-7,9-15H,3-5,8H2,1-2H3. The van der Waals surface area contributed by atoms with E-state index in [1.807, 2.05) is 37.4 Å². The van der Waals surface area contributed by atoms with Crippen LogP contribution in [0.2, 0.25) is 0 Å². The SMILES string of the molecule is CCCCc1ccc(N=Cc2ccccc2OCC)cc1. The van der Waals surface area contributed by atoms with Crippen LogP contribution in [-0.4, -0.2) is 12.8 Å². The molecule has 2 rings (SSSR count). The van der Waals surface area contributed by atoms with Crippen molar-refractivity contribution in [2.75, 3.05) is 6.61 Å². The van der Waals surface area contributed by atoms with Gasteiger partial charge in [0.1, 0.15) is 5.75 Å². The topological polar surface area (TPSA) is 21.6 Å². The third-order valence-electron chi connectivity index (χ3n) is 3.33. The number of unbranched alkanes of at least 4 members (excludes halogenated alkanes) is 1. The molecule has 0 aliphatic carbocycles. The normalized spacial score (nSPS) is 11.0. The van der Waals surface area contributed by atoms with Crippen LogP contribution in [0.15, 0.2) is 53.5 Å². The van der Waals surface area contributed by atoms with Gasteiger partial charge in [-0.15, -0.1) is 0 Å². The van der Waals surface area contributed by atoms with Gasteiger partial charge in [-0.3, -0.25) is 4.99 Å². The zero-order valence-corrected chi connectivity index (χ0v) is 12.9. The van der Waals surface area contributed by atoms with Crippen molar-refractivity contribution in [3.05, 3.63) is 59.7 Å². The molecule has 0 saturated carbocycles. The zero-order valence-electron chi connectivity index (χ0n) is 12.9. The maximum atomic E-state index is 5.60. The van der Waals surface area contributed by atoms with E-state index in [-0.39, 0.29) is 0 Å². The van der Waals surface area contributed by atoms with Crippen molar-refractivity contribution in [3.8, 4) is 5.75 Å². The molecule has 0 spiro atoms. The molecule has 0 aromatic heterocycles. The van der Waals surface area contributed by atoms with Gasteiger partial charge in [0.25, 0.3) is 0 Å². The summed E-state index contributed by atoms with van der Waals surface area (Å²) in [6, 6.07) is 16.4. The predicted molar refractivity (Wildman–Crippen MR) is 89.9 cm³/mol. The summed E-state index contributed by atoms with van der Waals surface area (Å²) in [5.41, 5.74) is 3.36. The summed E-state index contributed by atoms with van der Waals surface area (Å²) in [6.07, 6.45) is 5.48. The van der Waals surface area contributed by atoms with Crippen LogP contribution < -0.4 is 4.74 Å². The number of aryl methyl sites for hydroxylation is 1. The molecule has 2 nitrogen and oxygen atoms in total. The number of aliphatic imine (C=N–C) groups is 1. The van der Waals surface area contributed by atoms with Crippen molar-refractivity contribution in [1.29, 1.82) is 0 Å². The van der Waals surface area contributed by atoms with Gasteiger partial charge in [-0.25, -0.2) is 0 Å². The summed E-state index contributed by atoms with van der Waals surface area (Å²) in [6.45, 7) is 4.87. The Morgan fingerprint density at radius 1 is 1.00 bits per heavy atom. The summed E-state index contributed by atoms with van der Waals surface area (Å²) in [5.74, 6) is 0.878. The fourth-order valence-corrected chi connectivity index (χ4v) is 2.15. The second kappa shape index (κ2) is 8.25. The van der Waals surface area contributed by atoms with Gasteiger partial charge in [0.15, 0.2) is 0 Å². The largest absolute Gasteiger partial charge is 0.493 e. The molecule has 0 aliphatic rings. The van der Waals surface area contributed by atoms with Crippen LogP contribution >= 0.6 is 0 Å². The monoisotopic (exact) mass is 281 g/mol. The maximum Gasteiger partial charge on any atom is 0.128 e. The number of para-hydroxylation sites is 1. The summed E-state index contributed by atoms with van der Waals surface area (Å²) in [4.78, 5) is 4.54. The zero-order chi connectivity index (χ0) is 14.9. The molecule has 0 atom stereocenters. The first-order chi connectivity index (χ1) is 10.3. The highest BCUT2D eigenvalue weighted by Gasteiger charge is 1.99. The molecule has 2 heteroatoms. The molecule has 0 heterocycles. The number of hydrogen-bond acceptors (Lipinski definition) is 2. The Kier molecular flexibility index (Phi) is 6.01. The van der Waals surface area contributed by atoms with Gasteiger partial charge in [0, 0.05) is 11.8 Å². The Labute approximate surface area is 127 Å². The average Bonchev–Trinajstić information content (AvgIpc) is 2.53. The summed E-state index contributed by atoms with van der Waals surface area (Å²) in [7, 11) is 0. The van der Waals surface area contributed by atoms with Crippen LogP contribution in [0.25, 0.3) is 0 Å². The molecule has 0 radical (unpaired) electrons. The predicted octanol–water partition coefficient (Wildman–Crippen LogP) is 5.18. The number of ether oxygens (including phenoxy) is 1. The molecule has 0 amide bonds. The highest BCUT2D eigenvalue weighted by molar-refractivity contribution is 5.85. The first-order valence-corrected chi connectivity index (χ1v) is 7.68. The highest BCUT2D eigenvalue weighted by Crippen LogP contribution is 2.18. The van der Waals surface area contributed by atoms with Crippen molar-refractivity contribution in [1.82, 2.24) is 0 Å². The number of nitrogens with zero attached hydrogens (tertiary/aromatic N) is 1. The number of hydrogen-bond donors (Lipinski definition) is 0. The smallest absolute Gasteiger partial charge is 0.128 e. The van der Waals surface area contributed by atoms with Crippen LogP contribution in [0.3, 0.4) is 0 Å². The lowest BCUT2D eigenvalue weighted by molar-refractivity contribution is 0.340. The first-order valence-electron chi connectivity index (χ1n) is 7.68. The van der Waals surface area contributed by atoms with E-state index < -0.39 is 0 Å². The molecule has 0 aliphatic heterocycles. The van der Waals surface area contributed by atoms with E-state index >= 15 is 0 Å². The van der Waals surface area contributed by atoms with Gasteiger partial charge >= 0.3 is 0 Å². The van der Waals surface area contributed by atoms with Gasteiger partial charge in [0.2, 0.25) is 0 Å². The molecule has 21 heavy (non-hydrogen) atoms. The van der Waals surface area contributed by atoms with Crippen LogP contribution in [0, 0.1) is 0 Å².